The molecule has 1 aliphatic heterocycles. The van der Waals surface area contributed by atoms with E-state index in [9.17, 15) is 9.59 Å². The van der Waals surface area contributed by atoms with Crippen molar-refractivity contribution in [2.45, 2.75) is 32.7 Å². The number of hydrogen-bond donors (Lipinski definition) is 1. The molecule has 6 nitrogen and oxygen atoms in total. The van der Waals surface area contributed by atoms with Crippen molar-refractivity contribution >= 4 is 11.9 Å². The molecule has 1 aromatic heterocycles. The average Bonchev–Trinajstić information content (AvgIpc) is 2.38. The highest BCUT2D eigenvalue weighted by molar-refractivity contribution is 5.92. The van der Waals surface area contributed by atoms with Crippen LogP contribution in [0.3, 0.4) is 0 Å². The zero-order chi connectivity index (χ0) is 14.0. The summed E-state index contributed by atoms with van der Waals surface area (Å²) < 4.78 is 0. The van der Waals surface area contributed by atoms with Gasteiger partial charge in [-0.05, 0) is 26.7 Å². The summed E-state index contributed by atoms with van der Waals surface area (Å²) in [5, 5.41) is 9.00. The topological polar surface area (TPSA) is 83.4 Å². The number of amides is 1. The number of aliphatic carboxylic acids is 1. The Hall–Kier alpha value is -1.98. The Morgan fingerprint density at radius 1 is 1.37 bits per heavy atom. The molecule has 2 unspecified atom stereocenters. The van der Waals surface area contributed by atoms with Crippen molar-refractivity contribution in [3.8, 4) is 0 Å². The summed E-state index contributed by atoms with van der Waals surface area (Å²) in [6, 6.07) is -0.0922. The Kier molecular flexibility index (Phi) is 3.78. The summed E-state index contributed by atoms with van der Waals surface area (Å²) >= 11 is 0. The van der Waals surface area contributed by atoms with Gasteiger partial charge in [0.05, 0.1) is 17.8 Å². The van der Waals surface area contributed by atoms with Crippen molar-refractivity contribution in [3.63, 3.8) is 0 Å². The molecule has 102 valence electrons. The molecule has 1 amide bonds. The van der Waals surface area contributed by atoms with Crippen LogP contribution in [0.1, 0.15) is 35.9 Å². The number of carboxylic acid groups (broad SMARTS) is 1. The monoisotopic (exact) mass is 263 g/mol. The van der Waals surface area contributed by atoms with E-state index in [-0.39, 0.29) is 17.9 Å². The Morgan fingerprint density at radius 2 is 2.11 bits per heavy atom. The minimum absolute atomic E-state index is 0.0922. The van der Waals surface area contributed by atoms with E-state index in [2.05, 4.69) is 9.97 Å². The van der Waals surface area contributed by atoms with E-state index in [1.807, 2.05) is 13.8 Å². The third-order valence-corrected chi connectivity index (χ3v) is 3.49. The van der Waals surface area contributed by atoms with Crippen LogP contribution in [0, 0.1) is 12.8 Å². The molecule has 2 atom stereocenters. The SMILES string of the molecule is Cc1cnc(C(=O)N2CCC(C(=O)O)CC2C)cn1. The zero-order valence-corrected chi connectivity index (χ0v) is 11.0. The first-order valence-corrected chi connectivity index (χ1v) is 6.31. The summed E-state index contributed by atoms with van der Waals surface area (Å²) in [7, 11) is 0. The second-order valence-corrected chi connectivity index (χ2v) is 4.95. The number of carbonyl (C=O) groups excluding carboxylic acids is 1. The van der Waals surface area contributed by atoms with Gasteiger partial charge in [0.1, 0.15) is 5.69 Å². The number of piperidine rings is 1. The van der Waals surface area contributed by atoms with Gasteiger partial charge in [-0.15, -0.1) is 0 Å². The number of rotatable bonds is 2. The van der Waals surface area contributed by atoms with E-state index in [0.717, 1.165) is 5.69 Å². The molecule has 0 spiro atoms. The first kappa shape index (κ1) is 13.5. The Balaban J connectivity index is 2.08. The molecule has 0 saturated carbocycles. The van der Waals surface area contributed by atoms with Crippen molar-refractivity contribution in [1.29, 1.82) is 0 Å². The van der Waals surface area contributed by atoms with Gasteiger partial charge in [0.25, 0.3) is 5.91 Å². The number of carbonyl (C=O) groups is 2. The number of nitrogens with zero attached hydrogens (tertiary/aromatic N) is 3. The average molecular weight is 263 g/mol. The van der Waals surface area contributed by atoms with Gasteiger partial charge in [-0.2, -0.15) is 0 Å². The van der Waals surface area contributed by atoms with Crippen LogP contribution in [0.25, 0.3) is 0 Å². The third-order valence-electron chi connectivity index (χ3n) is 3.49. The first-order chi connectivity index (χ1) is 8.99. The number of hydrogen-bond acceptors (Lipinski definition) is 4. The highest BCUT2D eigenvalue weighted by atomic mass is 16.4. The molecule has 1 fully saturated rings. The van der Waals surface area contributed by atoms with Crippen LogP contribution in [0.2, 0.25) is 0 Å². The van der Waals surface area contributed by atoms with Crippen molar-refractivity contribution in [1.82, 2.24) is 14.9 Å². The minimum atomic E-state index is -0.783. The van der Waals surface area contributed by atoms with Crippen molar-refractivity contribution in [2.24, 2.45) is 5.92 Å². The summed E-state index contributed by atoms with van der Waals surface area (Å²) in [6.45, 7) is 4.13. The van der Waals surface area contributed by atoms with E-state index < -0.39 is 5.97 Å². The highest BCUT2D eigenvalue weighted by Gasteiger charge is 2.33. The molecular weight excluding hydrogens is 246 g/mol. The van der Waals surface area contributed by atoms with Crippen molar-refractivity contribution < 1.29 is 14.7 Å². The molecule has 0 radical (unpaired) electrons. The molecule has 1 saturated heterocycles. The fraction of sp³-hybridized carbons (Fsp3) is 0.538. The number of aryl methyl sites for hydroxylation is 1. The molecule has 2 heterocycles. The minimum Gasteiger partial charge on any atom is -0.481 e. The predicted molar refractivity (Wildman–Crippen MR) is 67.6 cm³/mol. The van der Waals surface area contributed by atoms with Gasteiger partial charge in [0.15, 0.2) is 0 Å². The lowest BCUT2D eigenvalue weighted by Gasteiger charge is -2.35. The number of carboxylic acids is 1. The quantitative estimate of drug-likeness (QED) is 0.864. The highest BCUT2D eigenvalue weighted by Crippen LogP contribution is 2.24. The molecule has 0 aromatic carbocycles. The zero-order valence-electron chi connectivity index (χ0n) is 11.0. The molecule has 1 aliphatic rings. The van der Waals surface area contributed by atoms with Crippen LogP contribution < -0.4 is 0 Å². The second kappa shape index (κ2) is 5.34. The lowest BCUT2D eigenvalue weighted by Crippen LogP contribution is -2.46. The van der Waals surface area contributed by atoms with Crippen LogP contribution in [-0.2, 0) is 4.79 Å². The van der Waals surface area contributed by atoms with Gasteiger partial charge < -0.3 is 10.0 Å². The van der Waals surface area contributed by atoms with Gasteiger partial charge >= 0.3 is 5.97 Å². The van der Waals surface area contributed by atoms with Crippen LogP contribution in [-0.4, -0.2) is 44.4 Å². The van der Waals surface area contributed by atoms with Gasteiger partial charge in [0, 0.05) is 18.8 Å². The largest absolute Gasteiger partial charge is 0.481 e. The van der Waals surface area contributed by atoms with E-state index in [1.165, 1.54) is 6.20 Å². The molecule has 0 bridgehead atoms. The van der Waals surface area contributed by atoms with Crippen molar-refractivity contribution in [2.75, 3.05) is 6.54 Å². The van der Waals surface area contributed by atoms with Gasteiger partial charge in [-0.25, -0.2) is 4.98 Å². The van der Waals surface area contributed by atoms with E-state index in [1.54, 1.807) is 11.1 Å². The molecule has 6 heteroatoms. The molecule has 19 heavy (non-hydrogen) atoms. The summed E-state index contributed by atoms with van der Waals surface area (Å²) in [5.74, 6) is -1.32. The Bertz CT molecular complexity index is 486. The smallest absolute Gasteiger partial charge is 0.306 e. The summed E-state index contributed by atoms with van der Waals surface area (Å²) in [5.41, 5.74) is 1.07. The standard InChI is InChI=1S/C13H17N3O3/c1-8-6-15-11(7-14-8)12(17)16-4-3-10(13(18)19)5-9(16)2/h6-7,9-10H,3-5H2,1-2H3,(H,18,19). The van der Waals surface area contributed by atoms with E-state index in [0.29, 0.717) is 25.1 Å². The van der Waals surface area contributed by atoms with Crippen molar-refractivity contribution in [3.05, 3.63) is 23.8 Å². The second-order valence-electron chi connectivity index (χ2n) is 4.95. The van der Waals surface area contributed by atoms with Gasteiger partial charge in [-0.3, -0.25) is 14.6 Å². The fourth-order valence-corrected chi connectivity index (χ4v) is 2.35. The maximum absolute atomic E-state index is 12.3. The third kappa shape index (κ3) is 2.89. The Morgan fingerprint density at radius 3 is 2.63 bits per heavy atom. The fourth-order valence-electron chi connectivity index (χ4n) is 2.35. The first-order valence-electron chi connectivity index (χ1n) is 6.31. The van der Waals surface area contributed by atoms with Gasteiger partial charge in [0.2, 0.25) is 0 Å². The summed E-state index contributed by atoms with van der Waals surface area (Å²) in [6.07, 6.45) is 4.00. The maximum atomic E-state index is 12.3. The lowest BCUT2D eigenvalue weighted by molar-refractivity contribution is -0.143. The maximum Gasteiger partial charge on any atom is 0.306 e. The summed E-state index contributed by atoms with van der Waals surface area (Å²) in [4.78, 5) is 33.0. The molecule has 2 rings (SSSR count). The molecule has 1 N–H and O–H groups in total. The normalized spacial score (nSPS) is 23.2. The van der Waals surface area contributed by atoms with Gasteiger partial charge in [-0.1, -0.05) is 0 Å². The van der Waals surface area contributed by atoms with Crippen LogP contribution in [0.15, 0.2) is 12.4 Å². The Labute approximate surface area is 111 Å². The van der Waals surface area contributed by atoms with E-state index in [4.69, 9.17) is 5.11 Å². The number of likely N-dealkylation sites (tertiary alicyclic amines) is 1. The van der Waals surface area contributed by atoms with E-state index >= 15 is 0 Å². The van der Waals surface area contributed by atoms with Crippen LogP contribution in [0.5, 0.6) is 0 Å². The lowest BCUT2D eigenvalue weighted by atomic mass is 9.91. The molecule has 1 aromatic rings. The van der Waals surface area contributed by atoms with Crippen LogP contribution in [0.4, 0.5) is 0 Å². The number of aromatic nitrogens is 2. The molecular formula is C13H17N3O3. The van der Waals surface area contributed by atoms with Crippen LogP contribution >= 0.6 is 0 Å². The predicted octanol–water partition coefficient (Wildman–Crippen LogP) is 1.11. The molecule has 0 aliphatic carbocycles.